The van der Waals surface area contributed by atoms with Gasteiger partial charge in [0.1, 0.15) is 0 Å². The minimum atomic E-state index is 0.278. The van der Waals surface area contributed by atoms with E-state index < -0.39 is 0 Å². The molecule has 0 aliphatic rings. The van der Waals surface area contributed by atoms with E-state index in [1.54, 1.807) is 0 Å². The van der Waals surface area contributed by atoms with Crippen molar-refractivity contribution in [2.75, 3.05) is 0 Å². The van der Waals surface area contributed by atoms with Gasteiger partial charge in [0.05, 0.1) is 11.1 Å². The first-order valence-electron chi connectivity index (χ1n) is 3.90. The van der Waals surface area contributed by atoms with Crippen molar-refractivity contribution >= 4 is 11.7 Å². The van der Waals surface area contributed by atoms with Gasteiger partial charge in [0.15, 0.2) is 0 Å². The minimum Gasteiger partial charge on any atom is -0.287 e. The molecule has 1 aromatic carbocycles. The van der Waals surface area contributed by atoms with Crippen LogP contribution in [0.15, 0.2) is 18.2 Å². The van der Waals surface area contributed by atoms with Crippen molar-refractivity contribution in [3.05, 3.63) is 34.9 Å². The Balaban J connectivity index is 3.35. The molecular weight excluding hydrogens is 164 g/mol. The third-order valence-electron chi connectivity index (χ3n) is 1.96. The van der Waals surface area contributed by atoms with Crippen molar-refractivity contribution in [2.24, 2.45) is 11.5 Å². The quantitative estimate of drug-likeness (QED) is 0.285. The Bertz CT molecular complexity index is 336. The molecule has 0 aliphatic heterocycles. The van der Waals surface area contributed by atoms with Crippen LogP contribution in [0, 0.1) is 6.92 Å². The number of rotatable bonds is 2. The Morgan fingerprint density at radius 1 is 1.08 bits per heavy atom. The van der Waals surface area contributed by atoms with Crippen LogP contribution in [0.4, 0.5) is 0 Å². The highest BCUT2D eigenvalue weighted by Crippen LogP contribution is 2.10. The molecule has 0 amide bonds. The fourth-order valence-electron chi connectivity index (χ4n) is 1.26. The summed E-state index contributed by atoms with van der Waals surface area (Å²) in [4.78, 5) is 0. The van der Waals surface area contributed by atoms with Gasteiger partial charge in [0.25, 0.3) is 11.7 Å². The summed E-state index contributed by atoms with van der Waals surface area (Å²) in [5.41, 5.74) is 13.4. The van der Waals surface area contributed by atoms with E-state index in [9.17, 15) is 0 Å². The largest absolute Gasteiger partial charge is 0.287 e. The lowest BCUT2D eigenvalue weighted by Crippen LogP contribution is -2.48. The number of benzene rings is 1. The van der Waals surface area contributed by atoms with Crippen molar-refractivity contribution in [3.63, 3.8) is 0 Å². The number of hydrogen-bond acceptors (Lipinski definition) is 0. The molecule has 13 heavy (non-hydrogen) atoms. The molecule has 1 aromatic rings. The summed E-state index contributed by atoms with van der Waals surface area (Å²) in [6.45, 7) is 1.88. The van der Waals surface area contributed by atoms with E-state index in [-0.39, 0.29) is 11.7 Å². The van der Waals surface area contributed by atoms with Crippen LogP contribution in [-0.2, 0) is 0 Å². The molecule has 0 bridgehead atoms. The monoisotopic (exact) mass is 178 g/mol. The molecule has 4 nitrogen and oxygen atoms in total. The molecule has 0 spiro atoms. The van der Waals surface area contributed by atoms with E-state index in [1.165, 1.54) is 0 Å². The maximum absolute atomic E-state index is 5.49. The second-order valence-corrected chi connectivity index (χ2v) is 2.89. The van der Waals surface area contributed by atoms with Gasteiger partial charge in [-0.1, -0.05) is 6.07 Å². The van der Waals surface area contributed by atoms with Crippen molar-refractivity contribution < 1.29 is 10.8 Å². The Labute approximate surface area is 76.6 Å². The van der Waals surface area contributed by atoms with Crippen LogP contribution in [0.3, 0.4) is 0 Å². The fourth-order valence-corrected chi connectivity index (χ4v) is 1.26. The Hall–Kier alpha value is -1.84. The van der Waals surface area contributed by atoms with Gasteiger partial charge < -0.3 is 0 Å². The summed E-state index contributed by atoms with van der Waals surface area (Å²) in [5, 5.41) is 11.0. The lowest BCUT2D eigenvalue weighted by molar-refractivity contribution is -0.114. The van der Waals surface area contributed by atoms with Crippen molar-refractivity contribution in [1.29, 1.82) is 0 Å². The Kier molecular flexibility index (Phi) is 2.32. The molecule has 0 heterocycles. The molecule has 0 fully saturated rings. The second-order valence-electron chi connectivity index (χ2n) is 2.89. The van der Waals surface area contributed by atoms with Gasteiger partial charge in [0, 0.05) is 0 Å². The fraction of sp³-hybridized carbons (Fsp3) is 0.111. The van der Waals surface area contributed by atoms with Crippen LogP contribution < -0.4 is 22.3 Å². The summed E-state index contributed by atoms with van der Waals surface area (Å²) in [5.74, 6) is 0.557. The average Bonchev–Trinajstić information content (AvgIpc) is 2.03. The molecule has 0 aromatic heterocycles. The van der Waals surface area contributed by atoms with Crippen molar-refractivity contribution in [3.8, 4) is 0 Å². The summed E-state index contributed by atoms with van der Waals surface area (Å²) < 4.78 is 0. The van der Waals surface area contributed by atoms with Crippen LogP contribution in [-0.4, -0.2) is 11.7 Å². The van der Waals surface area contributed by atoms with E-state index in [2.05, 4.69) is 0 Å². The lowest BCUT2D eigenvalue weighted by Gasteiger charge is -2.03. The van der Waals surface area contributed by atoms with Crippen LogP contribution in [0.5, 0.6) is 0 Å². The van der Waals surface area contributed by atoms with Gasteiger partial charge in [-0.25, -0.2) is 0 Å². The van der Waals surface area contributed by atoms with Gasteiger partial charge in [0.2, 0.25) is 0 Å². The molecule has 8 N–H and O–H groups in total. The zero-order valence-electron chi connectivity index (χ0n) is 7.54. The normalized spacial score (nSPS) is 9.62. The van der Waals surface area contributed by atoms with Crippen LogP contribution in [0.25, 0.3) is 0 Å². The molecular formula is C9H14N4+2. The van der Waals surface area contributed by atoms with Crippen molar-refractivity contribution in [2.45, 2.75) is 6.92 Å². The standard InChI is InChI=1S/C9H12N4/c1-5-6(8(10)11)3-2-4-7(5)9(12)13/h2-4H,1H3,(H3,10,11)(H3,12,13)/p+2. The maximum Gasteiger partial charge on any atom is 0.270 e. The smallest absolute Gasteiger partial charge is 0.270 e. The summed E-state index contributed by atoms with van der Waals surface area (Å²) in [6.07, 6.45) is 0. The lowest BCUT2D eigenvalue weighted by atomic mass is 10.0. The Morgan fingerprint density at radius 3 is 1.77 bits per heavy atom. The second kappa shape index (κ2) is 3.26. The van der Waals surface area contributed by atoms with Gasteiger partial charge in [-0.2, -0.15) is 0 Å². The SMILES string of the molecule is Cc1c(C(N)=[NH2+])cccc1C(N)=[NH2+]. The highest BCUT2D eigenvalue weighted by molar-refractivity contribution is 6.00. The summed E-state index contributed by atoms with van der Waals surface area (Å²) in [7, 11) is 0. The van der Waals surface area contributed by atoms with Crippen LogP contribution in [0.2, 0.25) is 0 Å². The van der Waals surface area contributed by atoms with Crippen molar-refractivity contribution in [1.82, 2.24) is 0 Å². The average molecular weight is 178 g/mol. The highest BCUT2D eigenvalue weighted by atomic mass is 14.7. The van der Waals surface area contributed by atoms with E-state index in [0.717, 1.165) is 16.7 Å². The molecule has 0 unspecified atom stereocenters. The minimum absolute atomic E-state index is 0.278. The maximum atomic E-state index is 5.49. The molecule has 0 aliphatic carbocycles. The molecule has 0 atom stereocenters. The number of amidine groups is 2. The molecule has 0 saturated carbocycles. The zero-order valence-corrected chi connectivity index (χ0v) is 7.54. The van der Waals surface area contributed by atoms with Crippen LogP contribution in [0.1, 0.15) is 16.7 Å². The van der Waals surface area contributed by atoms with Gasteiger partial charge in [-0.15, -0.1) is 0 Å². The van der Waals surface area contributed by atoms with E-state index >= 15 is 0 Å². The Morgan fingerprint density at radius 2 is 1.46 bits per heavy atom. The first-order chi connectivity index (χ1) is 6.04. The predicted molar refractivity (Wildman–Crippen MR) is 51.6 cm³/mol. The number of nitrogens with two attached hydrogens (primary N) is 4. The third kappa shape index (κ3) is 1.66. The molecule has 0 radical (unpaired) electrons. The predicted octanol–water partition coefficient (Wildman–Crippen LogP) is -3.08. The highest BCUT2D eigenvalue weighted by Gasteiger charge is 2.12. The topological polar surface area (TPSA) is 103 Å². The first kappa shape index (κ1) is 9.25. The van der Waals surface area contributed by atoms with Gasteiger partial charge in [-0.3, -0.25) is 22.3 Å². The molecule has 4 heteroatoms. The molecule has 0 saturated heterocycles. The van der Waals surface area contributed by atoms with Gasteiger partial charge >= 0.3 is 0 Å². The molecule has 68 valence electrons. The number of hydrogen-bond donors (Lipinski definition) is 4. The molecule has 1 rings (SSSR count). The zero-order chi connectivity index (χ0) is 10.0. The third-order valence-corrected chi connectivity index (χ3v) is 1.96. The summed E-state index contributed by atoms with van der Waals surface area (Å²) >= 11 is 0. The van der Waals surface area contributed by atoms with Crippen LogP contribution >= 0.6 is 0 Å². The first-order valence-corrected chi connectivity index (χ1v) is 3.90. The van der Waals surface area contributed by atoms with E-state index in [1.807, 2.05) is 25.1 Å². The summed E-state index contributed by atoms with van der Waals surface area (Å²) in [6, 6.07) is 5.48. The van der Waals surface area contributed by atoms with E-state index in [0.29, 0.717) is 0 Å². The van der Waals surface area contributed by atoms with Gasteiger partial charge in [-0.05, 0) is 24.6 Å². The van der Waals surface area contributed by atoms with E-state index in [4.69, 9.17) is 22.3 Å².